The van der Waals surface area contributed by atoms with Gasteiger partial charge in [0.25, 0.3) is 0 Å². The Labute approximate surface area is 138 Å². The van der Waals surface area contributed by atoms with Crippen LogP contribution in [0.25, 0.3) is 0 Å². The standard InChI is InChI=1S/C17H19BrN2S/c18-13-6-2-1-5-12(13)16(19-11-9-10-11)17-20-14-7-3-4-8-15(14)21-17/h1-2,5-6,11,16,19H,3-4,7-10H2. The summed E-state index contributed by atoms with van der Waals surface area (Å²) in [5.74, 6) is 0. The van der Waals surface area contributed by atoms with Crippen molar-refractivity contribution in [3.8, 4) is 0 Å². The number of hydrogen-bond acceptors (Lipinski definition) is 3. The molecule has 2 aliphatic rings. The lowest BCUT2D eigenvalue weighted by molar-refractivity contribution is 0.592. The van der Waals surface area contributed by atoms with Gasteiger partial charge in [0, 0.05) is 15.4 Å². The van der Waals surface area contributed by atoms with Gasteiger partial charge >= 0.3 is 0 Å². The van der Waals surface area contributed by atoms with Gasteiger partial charge in [-0.3, -0.25) is 0 Å². The highest BCUT2D eigenvalue weighted by Gasteiger charge is 2.30. The SMILES string of the molecule is Brc1ccccc1C(NC1CC1)c1nc2c(s1)CCCC2. The van der Waals surface area contributed by atoms with Gasteiger partial charge in [0.05, 0.1) is 11.7 Å². The second-order valence-corrected chi connectivity index (χ2v) is 7.99. The molecule has 1 atom stereocenters. The first-order valence-electron chi connectivity index (χ1n) is 7.80. The third-order valence-corrected chi connectivity index (χ3v) is 6.25. The number of hydrogen-bond donors (Lipinski definition) is 1. The highest BCUT2D eigenvalue weighted by molar-refractivity contribution is 9.10. The molecule has 0 amide bonds. The number of nitrogens with one attached hydrogen (secondary N) is 1. The van der Waals surface area contributed by atoms with E-state index in [1.807, 2.05) is 11.3 Å². The minimum Gasteiger partial charge on any atom is -0.301 e. The molecule has 0 aliphatic heterocycles. The molecule has 2 aromatic rings. The molecule has 4 rings (SSSR count). The number of thiazole rings is 1. The van der Waals surface area contributed by atoms with Crippen molar-refractivity contribution in [3.05, 3.63) is 49.9 Å². The number of aromatic nitrogens is 1. The third-order valence-electron chi connectivity index (χ3n) is 4.31. The minimum absolute atomic E-state index is 0.240. The molecule has 1 saturated carbocycles. The Kier molecular flexibility index (Phi) is 3.86. The van der Waals surface area contributed by atoms with Crippen molar-refractivity contribution >= 4 is 27.3 Å². The molecule has 0 bridgehead atoms. The number of aryl methyl sites for hydroxylation is 2. The van der Waals surface area contributed by atoms with E-state index in [4.69, 9.17) is 4.98 Å². The van der Waals surface area contributed by atoms with Crippen molar-refractivity contribution in [2.45, 2.75) is 50.6 Å². The lowest BCUT2D eigenvalue weighted by Gasteiger charge is -2.18. The topological polar surface area (TPSA) is 24.9 Å². The number of fused-ring (bicyclic) bond motifs is 1. The number of halogens is 1. The van der Waals surface area contributed by atoms with Gasteiger partial charge in [-0.05, 0) is 50.2 Å². The summed E-state index contributed by atoms with van der Waals surface area (Å²) in [5, 5.41) is 5.04. The fraction of sp³-hybridized carbons (Fsp3) is 0.471. The average Bonchev–Trinajstić information content (AvgIpc) is 3.22. The van der Waals surface area contributed by atoms with E-state index in [1.54, 1.807) is 0 Å². The summed E-state index contributed by atoms with van der Waals surface area (Å²) >= 11 is 5.64. The second-order valence-electron chi connectivity index (χ2n) is 6.02. The largest absolute Gasteiger partial charge is 0.301 e. The van der Waals surface area contributed by atoms with Crippen LogP contribution in [0.3, 0.4) is 0 Å². The number of nitrogens with zero attached hydrogens (tertiary/aromatic N) is 1. The highest BCUT2D eigenvalue weighted by atomic mass is 79.9. The van der Waals surface area contributed by atoms with Gasteiger partial charge in [-0.15, -0.1) is 11.3 Å². The zero-order chi connectivity index (χ0) is 14.2. The van der Waals surface area contributed by atoms with Gasteiger partial charge in [-0.1, -0.05) is 34.1 Å². The number of rotatable bonds is 4. The summed E-state index contributed by atoms with van der Waals surface area (Å²) in [5.41, 5.74) is 2.67. The maximum absolute atomic E-state index is 4.98. The molecule has 1 aromatic carbocycles. The molecule has 4 heteroatoms. The first-order valence-corrected chi connectivity index (χ1v) is 9.41. The minimum atomic E-state index is 0.240. The summed E-state index contributed by atoms with van der Waals surface area (Å²) in [7, 11) is 0. The van der Waals surface area contributed by atoms with Crippen LogP contribution in [0.5, 0.6) is 0 Å². The van der Waals surface area contributed by atoms with Crippen LogP contribution in [0, 0.1) is 0 Å². The molecule has 1 unspecified atom stereocenters. The Hall–Kier alpha value is -0.710. The zero-order valence-electron chi connectivity index (χ0n) is 11.9. The first kappa shape index (κ1) is 13.9. The molecule has 2 aliphatic carbocycles. The van der Waals surface area contributed by atoms with E-state index < -0.39 is 0 Å². The molecular formula is C17H19BrN2S. The summed E-state index contributed by atoms with van der Waals surface area (Å²) in [6.07, 6.45) is 7.60. The Bertz CT molecular complexity index is 624. The molecule has 0 spiro atoms. The van der Waals surface area contributed by atoms with E-state index in [-0.39, 0.29) is 6.04 Å². The van der Waals surface area contributed by atoms with Crippen molar-refractivity contribution in [1.29, 1.82) is 0 Å². The summed E-state index contributed by atoms with van der Waals surface area (Å²) in [4.78, 5) is 6.50. The van der Waals surface area contributed by atoms with Gasteiger partial charge in [0.2, 0.25) is 0 Å². The molecular weight excluding hydrogens is 344 g/mol. The lowest BCUT2D eigenvalue weighted by Crippen LogP contribution is -2.24. The normalized spacial score (nSPS) is 19.3. The molecule has 0 radical (unpaired) electrons. The Morgan fingerprint density at radius 2 is 2.00 bits per heavy atom. The van der Waals surface area contributed by atoms with Crippen LogP contribution in [0.1, 0.15) is 52.9 Å². The lowest BCUT2D eigenvalue weighted by atomic mass is 10.0. The van der Waals surface area contributed by atoms with Crippen LogP contribution in [-0.4, -0.2) is 11.0 Å². The molecule has 1 aromatic heterocycles. The van der Waals surface area contributed by atoms with Gasteiger partial charge in [0.15, 0.2) is 0 Å². The molecule has 1 N–H and O–H groups in total. The fourth-order valence-electron chi connectivity index (χ4n) is 2.98. The van der Waals surface area contributed by atoms with Crippen molar-refractivity contribution in [3.63, 3.8) is 0 Å². The molecule has 1 heterocycles. The van der Waals surface area contributed by atoms with Gasteiger partial charge in [-0.2, -0.15) is 0 Å². The highest BCUT2D eigenvalue weighted by Crippen LogP contribution is 2.37. The van der Waals surface area contributed by atoms with Crippen molar-refractivity contribution in [1.82, 2.24) is 10.3 Å². The van der Waals surface area contributed by atoms with Crippen LogP contribution in [0.15, 0.2) is 28.7 Å². The molecule has 110 valence electrons. The van der Waals surface area contributed by atoms with Crippen molar-refractivity contribution in [2.24, 2.45) is 0 Å². The van der Waals surface area contributed by atoms with E-state index in [9.17, 15) is 0 Å². The van der Waals surface area contributed by atoms with E-state index >= 15 is 0 Å². The van der Waals surface area contributed by atoms with Gasteiger partial charge in [0.1, 0.15) is 5.01 Å². The maximum Gasteiger partial charge on any atom is 0.115 e. The van der Waals surface area contributed by atoms with Gasteiger partial charge < -0.3 is 5.32 Å². The third kappa shape index (κ3) is 2.94. The second kappa shape index (κ2) is 5.82. The Balaban J connectivity index is 1.71. The van der Waals surface area contributed by atoms with Crippen LogP contribution in [0.4, 0.5) is 0 Å². The number of benzene rings is 1. The molecule has 21 heavy (non-hydrogen) atoms. The first-order chi connectivity index (χ1) is 10.3. The monoisotopic (exact) mass is 362 g/mol. The summed E-state index contributed by atoms with van der Waals surface area (Å²) < 4.78 is 1.18. The smallest absolute Gasteiger partial charge is 0.115 e. The van der Waals surface area contributed by atoms with Crippen LogP contribution < -0.4 is 5.32 Å². The van der Waals surface area contributed by atoms with E-state index in [2.05, 4.69) is 45.5 Å². The van der Waals surface area contributed by atoms with Crippen LogP contribution in [-0.2, 0) is 12.8 Å². The molecule has 1 fully saturated rings. The van der Waals surface area contributed by atoms with Crippen LogP contribution in [0.2, 0.25) is 0 Å². The van der Waals surface area contributed by atoms with Crippen LogP contribution >= 0.6 is 27.3 Å². The quantitative estimate of drug-likeness (QED) is 0.857. The van der Waals surface area contributed by atoms with Gasteiger partial charge in [-0.25, -0.2) is 4.98 Å². The average molecular weight is 363 g/mol. The Morgan fingerprint density at radius 1 is 1.19 bits per heavy atom. The zero-order valence-corrected chi connectivity index (χ0v) is 14.3. The predicted octanol–water partition coefficient (Wildman–Crippen LogP) is 4.63. The van der Waals surface area contributed by atoms with E-state index in [1.165, 1.54) is 57.7 Å². The van der Waals surface area contributed by atoms with Crippen molar-refractivity contribution in [2.75, 3.05) is 0 Å². The maximum atomic E-state index is 4.98. The summed E-state index contributed by atoms with van der Waals surface area (Å²) in [6, 6.07) is 9.45. The fourth-order valence-corrected chi connectivity index (χ4v) is 4.73. The molecule has 2 nitrogen and oxygen atoms in total. The molecule has 0 saturated heterocycles. The van der Waals surface area contributed by atoms with E-state index in [0.29, 0.717) is 6.04 Å². The van der Waals surface area contributed by atoms with E-state index in [0.717, 1.165) is 6.42 Å². The Morgan fingerprint density at radius 3 is 2.76 bits per heavy atom. The van der Waals surface area contributed by atoms with Crippen molar-refractivity contribution < 1.29 is 0 Å². The predicted molar refractivity (Wildman–Crippen MR) is 90.9 cm³/mol. The summed E-state index contributed by atoms with van der Waals surface area (Å²) in [6.45, 7) is 0.